The molecule has 1 rings (SSSR count). The van der Waals surface area contributed by atoms with Crippen LogP contribution < -0.4 is 15.8 Å². The predicted molar refractivity (Wildman–Crippen MR) is 86.4 cm³/mol. The highest BCUT2D eigenvalue weighted by Gasteiger charge is 2.14. The van der Waals surface area contributed by atoms with Gasteiger partial charge in [0.15, 0.2) is 0 Å². The Balaban J connectivity index is 0.000000567. The van der Waals surface area contributed by atoms with Gasteiger partial charge in [-0.05, 0) is 45.4 Å². The van der Waals surface area contributed by atoms with E-state index in [1.54, 1.807) is 21.0 Å². The van der Waals surface area contributed by atoms with Crippen molar-refractivity contribution in [2.45, 2.75) is 45.3 Å². The first kappa shape index (κ1) is 19.9. The summed E-state index contributed by atoms with van der Waals surface area (Å²) in [5, 5.41) is 20.6. The van der Waals surface area contributed by atoms with E-state index >= 15 is 0 Å². The highest BCUT2D eigenvalue weighted by molar-refractivity contribution is 5.27. The van der Waals surface area contributed by atoms with E-state index < -0.39 is 5.54 Å². The van der Waals surface area contributed by atoms with Gasteiger partial charge >= 0.3 is 0 Å². The van der Waals surface area contributed by atoms with Crippen molar-refractivity contribution in [1.82, 2.24) is 5.32 Å². The number of hydrogen-bond donors (Lipinski definition) is 4. The highest BCUT2D eigenvalue weighted by Crippen LogP contribution is 2.12. The molecule has 122 valence electrons. The molecule has 1 aromatic rings. The van der Waals surface area contributed by atoms with Crippen molar-refractivity contribution in [3.05, 3.63) is 29.8 Å². The van der Waals surface area contributed by atoms with E-state index in [4.69, 9.17) is 20.7 Å². The van der Waals surface area contributed by atoms with Gasteiger partial charge < -0.3 is 26.0 Å². The molecule has 0 aromatic heterocycles. The summed E-state index contributed by atoms with van der Waals surface area (Å²) in [6.45, 7) is 8.40. The van der Waals surface area contributed by atoms with Gasteiger partial charge in [-0.1, -0.05) is 12.1 Å². The molecule has 0 saturated heterocycles. The maximum Gasteiger partial charge on any atom is 0.118 e. The Labute approximate surface area is 128 Å². The van der Waals surface area contributed by atoms with Crippen LogP contribution in [-0.2, 0) is 6.54 Å². The molecule has 1 aromatic carbocycles. The second-order valence-corrected chi connectivity index (χ2v) is 6.39. The summed E-state index contributed by atoms with van der Waals surface area (Å²) in [4.78, 5) is 0. The van der Waals surface area contributed by atoms with Crippen LogP contribution >= 0.6 is 0 Å². The molecule has 0 bridgehead atoms. The lowest BCUT2D eigenvalue weighted by Gasteiger charge is -2.23. The maximum atomic E-state index is 9.07. The largest absolute Gasteiger partial charge is 0.497 e. The van der Waals surface area contributed by atoms with E-state index in [9.17, 15) is 0 Å². The lowest BCUT2D eigenvalue weighted by Crippen LogP contribution is -2.42. The van der Waals surface area contributed by atoms with E-state index in [-0.39, 0.29) is 18.8 Å². The first-order valence-electron chi connectivity index (χ1n) is 7.02. The topological polar surface area (TPSA) is 87.7 Å². The van der Waals surface area contributed by atoms with Crippen LogP contribution in [0.1, 0.15) is 33.3 Å². The Kier molecular flexibility index (Phi) is 8.51. The zero-order chi connectivity index (χ0) is 16.5. The fourth-order valence-electron chi connectivity index (χ4n) is 1.14. The molecule has 0 aliphatic heterocycles. The minimum atomic E-state index is -0.403. The van der Waals surface area contributed by atoms with Crippen LogP contribution in [0.4, 0.5) is 0 Å². The van der Waals surface area contributed by atoms with Crippen LogP contribution in [0.25, 0.3) is 0 Å². The number of benzene rings is 1. The van der Waals surface area contributed by atoms with Crippen molar-refractivity contribution in [1.29, 1.82) is 0 Å². The molecule has 0 amide bonds. The lowest BCUT2D eigenvalue weighted by atomic mass is 10.1. The van der Waals surface area contributed by atoms with Crippen LogP contribution in [0.2, 0.25) is 0 Å². The second kappa shape index (κ2) is 9.00. The van der Waals surface area contributed by atoms with Crippen LogP contribution in [0, 0.1) is 0 Å². The summed E-state index contributed by atoms with van der Waals surface area (Å²) in [7, 11) is 1.65. The van der Waals surface area contributed by atoms with Gasteiger partial charge in [0.1, 0.15) is 5.75 Å². The number of aliphatic hydroxyl groups is 2. The third kappa shape index (κ3) is 10.3. The monoisotopic (exact) mass is 298 g/mol. The zero-order valence-corrected chi connectivity index (χ0v) is 13.8. The average Bonchev–Trinajstić information content (AvgIpc) is 2.46. The van der Waals surface area contributed by atoms with Crippen molar-refractivity contribution in [3.63, 3.8) is 0 Å². The van der Waals surface area contributed by atoms with E-state index in [2.05, 4.69) is 5.32 Å². The quantitative estimate of drug-likeness (QED) is 0.635. The first-order valence-corrected chi connectivity index (χ1v) is 7.02. The van der Waals surface area contributed by atoms with Crippen molar-refractivity contribution < 1.29 is 14.9 Å². The molecule has 0 spiro atoms. The second-order valence-electron chi connectivity index (χ2n) is 6.39. The molecule has 0 fully saturated rings. The summed E-state index contributed by atoms with van der Waals surface area (Å²) in [6.07, 6.45) is 0. The Morgan fingerprint density at radius 2 is 1.52 bits per heavy atom. The molecule has 0 saturated carbocycles. The fraction of sp³-hybridized carbons (Fsp3) is 0.625. The SMILES string of the molecule is CC(C)(N)CO.COc1ccc(CNC(C)(C)CO)cc1. The fourth-order valence-corrected chi connectivity index (χ4v) is 1.14. The zero-order valence-electron chi connectivity index (χ0n) is 13.8. The maximum absolute atomic E-state index is 9.07. The molecule has 5 N–H and O–H groups in total. The molecule has 0 aliphatic rings. The first-order chi connectivity index (χ1) is 9.63. The van der Waals surface area contributed by atoms with Crippen LogP contribution in [-0.4, -0.2) is 41.6 Å². The van der Waals surface area contributed by atoms with E-state index in [1.165, 1.54) is 5.56 Å². The van der Waals surface area contributed by atoms with Gasteiger partial charge in [-0.2, -0.15) is 0 Å². The molecule has 0 aliphatic carbocycles. The smallest absolute Gasteiger partial charge is 0.118 e. The predicted octanol–water partition coefficient (Wildman–Crippen LogP) is 1.27. The van der Waals surface area contributed by atoms with Crippen LogP contribution in [0.15, 0.2) is 24.3 Å². The molecule has 0 radical (unpaired) electrons. The normalized spacial score (nSPS) is 11.6. The van der Waals surface area contributed by atoms with Gasteiger partial charge in [0, 0.05) is 17.6 Å². The Bertz CT molecular complexity index is 384. The summed E-state index contributed by atoms with van der Waals surface area (Å²) in [5.74, 6) is 0.861. The van der Waals surface area contributed by atoms with Crippen molar-refractivity contribution >= 4 is 0 Å². The summed E-state index contributed by atoms with van der Waals surface area (Å²) in [5.41, 5.74) is 5.82. The van der Waals surface area contributed by atoms with Gasteiger partial charge in [-0.25, -0.2) is 0 Å². The van der Waals surface area contributed by atoms with Crippen LogP contribution in [0.3, 0.4) is 0 Å². The van der Waals surface area contributed by atoms with Gasteiger partial charge in [-0.15, -0.1) is 0 Å². The summed E-state index contributed by atoms with van der Waals surface area (Å²) in [6, 6.07) is 7.89. The molecule has 21 heavy (non-hydrogen) atoms. The minimum absolute atomic E-state index is 0.0486. The van der Waals surface area contributed by atoms with E-state index in [0.717, 1.165) is 12.3 Å². The number of nitrogens with two attached hydrogens (primary N) is 1. The summed E-state index contributed by atoms with van der Waals surface area (Å²) >= 11 is 0. The van der Waals surface area contributed by atoms with Crippen molar-refractivity contribution in [2.75, 3.05) is 20.3 Å². The van der Waals surface area contributed by atoms with Gasteiger partial charge in [-0.3, -0.25) is 0 Å². The molecule has 0 atom stereocenters. The number of rotatable bonds is 6. The summed E-state index contributed by atoms with van der Waals surface area (Å²) < 4.78 is 5.08. The Hall–Kier alpha value is -1.14. The van der Waals surface area contributed by atoms with E-state index in [1.807, 2.05) is 38.1 Å². The lowest BCUT2D eigenvalue weighted by molar-refractivity contribution is 0.187. The third-order valence-corrected chi connectivity index (χ3v) is 2.73. The number of ether oxygens (including phenoxy) is 1. The average molecular weight is 298 g/mol. The molecular formula is C16H30N2O3. The standard InChI is InChI=1S/C12H19NO2.C4H11NO/c1-12(2,9-14)13-8-10-4-6-11(15-3)7-5-10;1-4(2,5)3-6/h4-7,13-14H,8-9H2,1-3H3;6H,3,5H2,1-2H3. The van der Waals surface area contributed by atoms with E-state index in [0.29, 0.717) is 0 Å². The highest BCUT2D eigenvalue weighted by atomic mass is 16.5. The number of aliphatic hydroxyl groups excluding tert-OH is 2. The van der Waals surface area contributed by atoms with Gasteiger partial charge in [0.2, 0.25) is 0 Å². The number of methoxy groups -OCH3 is 1. The number of nitrogens with one attached hydrogen (secondary N) is 1. The third-order valence-electron chi connectivity index (χ3n) is 2.73. The number of hydrogen-bond acceptors (Lipinski definition) is 5. The molecule has 0 unspecified atom stereocenters. The Morgan fingerprint density at radius 1 is 1.05 bits per heavy atom. The van der Waals surface area contributed by atoms with Crippen molar-refractivity contribution in [3.8, 4) is 5.75 Å². The van der Waals surface area contributed by atoms with Crippen molar-refractivity contribution in [2.24, 2.45) is 5.73 Å². The molecule has 0 heterocycles. The molecule has 5 heteroatoms. The van der Waals surface area contributed by atoms with Gasteiger partial charge in [0.05, 0.1) is 20.3 Å². The van der Waals surface area contributed by atoms with Crippen LogP contribution in [0.5, 0.6) is 5.75 Å². The minimum Gasteiger partial charge on any atom is -0.497 e. The molecule has 5 nitrogen and oxygen atoms in total. The van der Waals surface area contributed by atoms with Gasteiger partial charge in [0.25, 0.3) is 0 Å². The Morgan fingerprint density at radius 3 is 1.86 bits per heavy atom. The molecular weight excluding hydrogens is 268 g/mol.